The zero-order valence-electron chi connectivity index (χ0n) is 18.8. The lowest BCUT2D eigenvalue weighted by Crippen LogP contribution is -2.42. The number of phenolic OH excluding ortho intramolecular Hbond substituents is 1. The Kier molecular flexibility index (Phi) is 5.32. The number of fused-ring (bicyclic) bond motifs is 3. The third kappa shape index (κ3) is 3.23. The van der Waals surface area contributed by atoms with E-state index in [2.05, 4.69) is 15.9 Å². The SMILES string of the molecule is COc1cc(Br)cc([C@H]2C3=CC[C@@H]4C(=O)N(C(N)=O)C(=O)[C@@H]4[C@@H]3CC3=C2C(=O)C=C(C)C3=O)c1O. The number of primary amides is 1. The first-order valence-electron chi connectivity index (χ1n) is 11.0. The topological polar surface area (TPSA) is 144 Å². The lowest BCUT2D eigenvalue weighted by atomic mass is 9.59. The lowest BCUT2D eigenvalue weighted by Gasteiger charge is -2.42. The number of urea groups is 1. The monoisotopic (exact) mass is 540 g/mol. The molecule has 35 heavy (non-hydrogen) atoms. The van der Waals surface area contributed by atoms with Crippen molar-refractivity contribution >= 4 is 45.3 Å². The van der Waals surface area contributed by atoms with Crippen molar-refractivity contribution in [2.75, 3.05) is 7.11 Å². The van der Waals surface area contributed by atoms with E-state index in [4.69, 9.17) is 10.5 Å². The van der Waals surface area contributed by atoms with E-state index in [0.717, 1.165) is 0 Å². The molecular formula is C25H21BrN2O7. The second-order valence-electron chi connectivity index (χ2n) is 9.12. The summed E-state index contributed by atoms with van der Waals surface area (Å²) in [6.45, 7) is 1.55. The first-order valence-corrected chi connectivity index (χ1v) is 11.8. The summed E-state index contributed by atoms with van der Waals surface area (Å²) in [6.07, 6.45) is 3.29. The molecule has 0 radical (unpaired) electrons. The number of ether oxygens (including phenoxy) is 1. The van der Waals surface area contributed by atoms with Crippen molar-refractivity contribution in [3.8, 4) is 11.5 Å². The van der Waals surface area contributed by atoms with Gasteiger partial charge in [0.25, 0.3) is 0 Å². The van der Waals surface area contributed by atoms with Crippen LogP contribution in [0, 0.1) is 17.8 Å². The van der Waals surface area contributed by atoms with Crippen LogP contribution in [0.1, 0.15) is 31.2 Å². The highest BCUT2D eigenvalue weighted by Crippen LogP contribution is 2.57. The molecule has 4 atom stereocenters. The minimum atomic E-state index is -1.14. The van der Waals surface area contributed by atoms with Gasteiger partial charge in [0, 0.05) is 32.7 Å². The van der Waals surface area contributed by atoms with Gasteiger partial charge in [-0.05, 0) is 43.9 Å². The summed E-state index contributed by atoms with van der Waals surface area (Å²) in [6, 6.07) is 2.07. The van der Waals surface area contributed by atoms with Gasteiger partial charge in [0.05, 0.1) is 18.9 Å². The molecule has 1 fully saturated rings. The minimum Gasteiger partial charge on any atom is -0.504 e. The number of rotatable bonds is 2. The van der Waals surface area contributed by atoms with Gasteiger partial charge >= 0.3 is 6.03 Å². The first-order chi connectivity index (χ1) is 16.6. The van der Waals surface area contributed by atoms with Gasteiger partial charge in [-0.3, -0.25) is 19.2 Å². The molecule has 3 aliphatic carbocycles. The maximum absolute atomic E-state index is 13.3. The highest BCUT2D eigenvalue weighted by Gasteiger charge is 2.57. The Morgan fingerprint density at radius 3 is 2.54 bits per heavy atom. The van der Waals surface area contributed by atoms with E-state index in [1.54, 1.807) is 25.1 Å². The fraction of sp³-hybridized carbons (Fsp3) is 0.320. The second-order valence-corrected chi connectivity index (χ2v) is 10.0. The van der Waals surface area contributed by atoms with Crippen LogP contribution in [-0.4, -0.2) is 46.5 Å². The van der Waals surface area contributed by atoms with E-state index < -0.39 is 41.5 Å². The number of phenols is 1. The van der Waals surface area contributed by atoms with E-state index in [0.29, 0.717) is 20.5 Å². The van der Waals surface area contributed by atoms with Crippen LogP contribution in [0.4, 0.5) is 4.79 Å². The number of hydrogen-bond donors (Lipinski definition) is 2. The highest BCUT2D eigenvalue weighted by atomic mass is 79.9. The average molecular weight is 541 g/mol. The zero-order valence-corrected chi connectivity index (χ0v) is 20.4. The van der Waals surface area contributed by atoms with Gasteiger partial charge in [0.1, 0.15) is 0 Å². The van der Waals surface area contributed by atoms with Crippen LogP contribution in [0.2, 0.25) is 0 Å². The molecule has 0 bridgehead atoms. The summed E-state index contributed by atoms with van der Waals surface area (Å²) in [7, 11) is 1.40. The number of likely N-dealkylation sites (tertiary alicyclic amines) is 1. The van der Waals surface area contributed by atoms with Crippen molar-refractivity contribution in [2.24, 2.45) is 23.5 Å². The molecule has 0 saturated carbocycles. The van der Waals surface area contributed by atoms with Crippen molar-refractivity contribution in [3.63, 3.8) is 0 Å². The first kappa shape index (κ1) is 23.2. The average Bonchev–Trinajstić information content (AvgIpc) is 3.07. The number of ketones is 2. The molecule has 1 aliphatic heterocycles. The largest absolute Gasteiger partial charge is 0.504 e. The molecule has 5 rings (SSSR count). The van der Waals surface area contributed by atoms with Gasteiger partial charge in [-0.1, -0.05) is 27.6 Å². The van der Waals surface area contributed by atoms with Gasteiger partial charge in [0.2, 0.25) is 11.8 Å². The number of halogens is 1. The van der Waals surface area contributed by atoms with Crippen LogP contribution in [0.3, 0.4) is 0 Å². The Bertz CT molecular complexity index is 1360. The standard InChI is InChI=1S/C25H21BrN2O7/c1-9-5-16(29)20-15(21(9)30)8-13-11(18(20)14-6-10(26)7-17(35-2)22(14)31)3-4-12-19(13)24(33)28(23(12)32)25(27)34/h3,5-7,12-13,18-19,31H,4,8H2,1-2H3,(H2,27,34)/t12-,13+,18+,19-/m0/s1. The predicted octanol–water partition coefficient (Wildman–Crippen LogP) is 2.67. The predicted molar refractivity (Wildman–Crippen MR) is 125 cm³/mol. The number of amides is 4. The van der Waals surface area contributed by atoms with E-state index in [1.807, 2.05) is 0 Å². The molecule has 1 aromatic rings. The molecular weight excluding hydrogens is 520 g/mol. The molecule has 180 valence electrons. The Labute approximate surface area is 208 Å². The zero-order chi connectivity index (χ0) is 25.3. The fourth-order valence-electron chi connectivity index (χ4n) is 5.92. The number of carbonyl (C=O) groups excluding carboxylic acids is 5. The molecule has 1 heterocycles. The Morgan fingerprint density at radius 1 is 1.17 bits per heavy atom. The quantitative estimate of drug-likeness (QED) is 0.333. The Hall–Kier alpha value is -3.53. The lowest BCUT2D eigenvalue weighted by molar-refractivity contribution is -0.136. The van der Waals surface area contributed by atoms with Gasteiger partial charge in [0.15, 0.2) is 23.1 Å². The fourth-order valence-corrected chi connectivity index (χ4v) is 6.38. The number of imide groups is 3. The Balaban J connectivity index is 1.75. The molecule has 0 unspecified atom stereocenters. The number of hydrogen-bond acceptors (Lipinski definition) is 7. The third-order valence-corrected chi connectivity index (χ3v) is 7.84. The number of aromatic hydroxyl groups is 1. The highest BCUT2D eigenvalue weighted by molar-refractivity contribution is 9.10. The van der Waals surface area contributed by atoms with E-state index in [-0.39, 0.29) is 52.6 Å². The summed E-state index contributed by atoms with van der Waals surface area (Å²) in [4.78, 5) is 64.8. The molecule has 9 nitrogen and oxygen atoms in total. The van der Waals surface area contributed by atoms with Crippen molar-refractivity contribution in [1.82, 2.24) is 4.90 Å². The van der Waals surface area contributed by atoms with Crippen LogP contribution in [0.5, 0.6) is 11.5 Å². The van der Waals surface area contributed by atoms with Crippen molar-refractivity contribution in [1.29, 1.82) is 0 Å². The minimum absolute atomic E-state index is 0.0616. The molecule has 10 heteroatoms. The number of nitrogens with zero attached hydrogens (tertiary/aromatic N) is 1. The van der Waals surface area contributed by atoms with E-state index in [1.165, 1.54) is 13.2 Å². The number of benzene rings is 1. The van der Waals surface area contributed by atoms with Crippen LogP contribution >= 0.6 is 15.9 Å². The molecule has 1 saturated heterocycles. The summed E-state index contributed by atoms with van der Waals surface area (Å²) in [5.74, 6) is -5.24. The number of Topliss-reactive ketones (excluding diaryl/α,β-unsaturated/α-hetero) is 1. The molecule has 3 N–H and O–H groups in total. The summed E-state index contributed by atoms with van der Waals surface area (Å²) < 4.78 is 5.88. The van der Waals surface area contributed by atoms with Crippen LogP contribution in [0.25, 0.3) is 0 Å². The molecule has 0 spiro atoms. The van der Waals surface area contributed by atoms with Gasteiger partial charge in [-0.2, -0.15) is 4.90 Å². The maximum atomic E-state index is 13.3. The molecule has 4 amide bonds. The van der Waals surface area contributed by atoms with Gasteiger partial charge in [-0.25, -0.2) is 4.79 Å². The number of carbonyl (C=O) groups is 5. The number of methoxy groups -OCH3 is 1. The van der Waals surface area contributed by atoms with Crippen LogP contribution in [-0.2, 0) is 19.2 Å². The smallest absolute Gasteiger partial charge is 0.328 e. The van der Waals surface area contributed by atoms with Gasteiger partial charge < -0.3 is 15.6 Å². The normalized spacial score (nSPS) is 27.8. The number of allylic oxidation sites excluding steroid dienone is 6. The summed E-state index contributed by atoms with van der Waals surface area (Å²) in [5.41, 5.74) is 7.04. The summed E-state index contributed by atoms with van der Waals surface area (Å²) in [5, 5.41) is 11.0. The molecule has 0 aromatic heterocycles. The van der Waals surface area contributed by atoms with Crippen molar-refractivity contribution in [2.45, 2.75) is 25.7 Å². The van der Waals surface area contributed by atoms with E-state index in [9.17, 15) is 29.1 Å². The second kappa shape index (κ2) is 8.01. The van der Waals surface area contributed by atoms with Crippen molar-refractivity contribution < 1.29 is 33.8 Å². The molecule has 4 aliphatic rings. The van der Waals surface area contributed by atoms with E-state index >= 15 is 0 Å². The third-order valence-electron chi connectivity index (χ3n) is 7.38. The molecule has 1 aromatic carbocycles. The Morgan fingerprint density at radius 2 is 1.89 bits per heavy atom. The maximum Gasteiger partial charge on any atom is 0.328 e. The number of nitrogens with two attached hydrogens (primary N) is 1. The summed E-state index contributed by atoms with van der Waals surface area (Å²) >= 11 is 3.41. The van der Waals surface area contributed by atoms with Crippen LogP contribution < -0.4 is 10.5 Å². The van der Waals surface area contributed by atoms with Gasteiger partial charge in [-0.15, -0.1) is 0 Å². The van der Waals surface area contributed by atoms with Crippen molar-refractivity contribution in [3.05, 3.63) is 56.6 Å². The van der Waals surface area contributed by atoms with Crippen LogP contribution in [0.15, 0.2) is 51.0 Å².